The summed E-state index contributed by atoms with van der Waals surface area (Å²) in [4.78, 5) is 11.1. The number of rotatable bonds is 11. The highest BCUT2D eigenvalue weighted by atomic mass is 32.1. The maximum Gasteiger partial charge on any atom is 0.404 e. The fourth-order valence-electron chi connectivity index (χ4n) is 4.07. The van der Waals surface area contributed by atoms with E-state index >= 15 is 0 Å². The Hall–Kier alpha value is -3.64. The van der Waals surface area contributed by atoms with Crippen molar-refractivity contribution in [2.75, 3.05) is 6.61 Å². The van der Waals surface area contributed by atoms with Crippen molar-refractivity contribution in [1.82, 2.24) is 15.5 Å². The number of carbonyl (C=O) groups is 1. The van der Waals surface area contributed by atoms with Crippen molar-refractivity contribution in [2.24, 2.45) is 5.41 Å². The molecule has 202 valence electrons. The summed E-state index contributed by atoms with van der Waals surface area (Å²) in [5, 5.41) is 31.6. The fourth-order valence-corrected chi connectivity index (χ4v) is 4.97. The van der Waals surface area contributed by atoms with Crippen LogP contribution in [0.25, 0.3) is 21.1 Å². The minimum atomic E-state index is -1.00. The molecular formula is C29H36N4O4S. The molecule has 2 N–H and O–H groups in total. The van der Waals surface area contributed by atoms with Gasteiger partial charge in [-0.1, -0.05) is 39.0 Å². The first kappa shape index (κ1) is 28.9. The Morgan fingerprint density at radius 2 is 1.89 bits per heavy atom. The SMILES string of the molecule is CCc1cc(OCCCC(NC(=O)O)C(C)(C)C)ccc1-c1nnc(-c2ccc(OC(C)C)c(C#N)c2)s1. The third kappa shape index (κ3) is 7.68. The molecule has 0 radical (unpaired) electrons. The zero-order chi connectivity index (χ0) is 27.9. The summed E-state index contributed by atoms with van der Waals surface area (Å²) >= 11 is 1.48. The van der Waals surface area contributed by atoms with Crippen molar-refractivity contribution in [3.63, 3.8) is 0 Å². The third-order valence-electron chi connectivity index (χ3n) is 6.07. The molecule has 1 aromatic heterocycles. The monoisotopic (exact) mass is 536 g/mol. The second-order valence-electron chi connectivity index (χ2n) is 10.4. The van der Waals surface area contributed by atoms with Crippen molar-refractivity contribution in [2.45, 2.75) is 73.0 Å². The molecule has 2 aromatic carbocycles. The summed E-state index contributed by atoms with van der Waals surface area (Å²) in [6.07, 6.45) is 1.21. The van der Waals surface area contributed by atoms with Crippen LogP contribution in [0, 0.1) is 16.7 Å². The second-order valence-corrected chi connectivity index (χ2v) is 11.4. The van der Waals surface area contributed by atoms with Crippen LogP contribution in [-0.4, -0.2) is 40.1 Å². The highest BCUT2D eigenvalue weighted by Crippen LogP contribution is 2.35. The number of nitrogens with zero attached hydrogens (tertiary/aromatic N) is 3. The highest BCUT2D eigenvalue weighted by molar-refractivity contribution is 7.17. The molecular weight excluding hydrogens is 500 g/mol. The summed E-state index contributed by atoms with van der Waals surface area (Å²) in [6.45, 7) is 12.5. The van der Waals surface area contributed by atoms with Gasteiger partial charge in [-0.15, -0.1) is 10.2 Å². The number of hydrogen-bond donors (Lipinski definition) is 2. The fraction of sp³-hybridized carbons (Fsp3) is 0.448. The van der Waals surface area contributed by atoms with Gasteiger partial charge >= 0.3 is 6.09 Å². The van der Waals surface area contributed by atoms with E-state index in [1.807, 2.05) is 58.9 Å². The number of hydrogen-bond acceptors (Lipinski definition) is 7. The largest absolute Gasteiger partial charge is 0.494 e. The Morgan fingerprint density at radius 3 is 2.53 bits per heavy atom. The molecule has 0 spiro atoms. The molecule has 9 heteroatoms. The summed E-state index contributed by atoms with van der Waals surface area (Å²) in [7, 11) is 0. The number of ether oxygens (including phenoxy) is 2. The van der Waals surface area contributed by atoms with Crippen molar-refractivity contribution < 1.29 is 19.4 Å². The number of amides is 1. The molecule has 0 aliphatic carbocycles. The molecule has 0 saturated heterocycles. The lowest BCUT2D eigenvalue weighted by Gasteiger charge is -2.30. The van der Waals surface area contributed by atoms with E-state index in [1.54, 1.807) is 12.1 Å². The van der Waals surface area contributed by atoms with Gasteiger partial charge in [-0.25, -0.2) is 4.79 Å². The van der Waals surface area contributed by atoms with Gasteiger partial charge in [0.2, 0.25) is 0 Å². The van der Waals surface area contributed by atoms with Crippen LogP contribution in [0.2, 0.25) is 0 Å². The number of aryl methyl sites for hydroxylation is 1. The summed E-state index contributed by atoms with van der Waals surface area (Å²) in [6, 6.07) is 13.5. The molecule has 0 aliphatic heterocycles. The van der Waals surface area contributed by atoms with E-state index < -0.39 is 6.09 Å². The maximum absolute atomic E-state index is 11.1. The molecule has 1 amide bonds. The zero-order valence-electron chi connectivity index (χ0n) is 22.9. The number of carboxylic acid groups (broad SMARTS) is 1. The molecule has 3 rings (SSSR count). The van der Waals surface area contributed by atoms with Crippen LogP contribution in [0.3, 0.4) is 0 Å². The Balaban J connectivity index is 1.70. The van der Waals surface area contributed by atoms with Gasteiger partial charge in [0.15, 0.2) is 0 Å². The summed E-state index contributed by atoms with van der Waals surface area (Å²) < 4.78 is 11.7. The Bertz CT molecular complexity index is 1290. The van der Waals surface area contributed by atoms with Crippen LogP contribution in [0.1, 0.15) is 65.5 Å². The molecule has 1 heterocycles. The van der Waals surface area contributed by atoms with Gasteiger partial charge in [-0.05, 0) is 80.5 Å². The van der Waals surface area contributed by atoms with E-state index in [0.717, 1.165) is 45.3 Å². The molecule has 3 aromatic rings. The van der Waals surface area contributed by atoms with Crippen molar-refractivity contribution >= 4 is 17.4 Å². The Kier molecular flexibility index (Phi) is 9.70. The van der Waals surface area contributed by atoms with Gasteiger partial charge in [0.25, 0.3) is 0 Å². The van der Waals surface area contributed by atoms with E-state index in [4.69, 9.17) is 14.6 Å². The molecule has 0 bridgehead atoms. The molecule has 1 unspecified atom stereocenters. The van der Waals surface area contributed by atoms with E-state index in [9.17, 15) is 10.1 Å². The second kappa shape index (κ2) is 12.7. The minimum absolute atomic E-state index is 0.0187. The number of benzene rings is 2. The van der Waals surface area contributed by atoms with Crippen molar-refractivity contribution in [3.05, 3.63) is 47.5 Å². The molecule has 0 aliphatic rings. The van der Waals surface area contributed by atoms with Gasteiger partial charge in [0.1, 0.15) is 27.6 Å². The van der Waals surface area contributed by atoms with Crippen LogP contribution in [0.4, 0.5) is 4.79 Å². The van der Waals surface area contributed by atoms with Crippen LogP contribution < -0.4 is 14.8 Å². The first-order valence-corrected chi connectivity index (χ1v) is 13.6. The molecule has 38 heavy (non-hydrogen) atoms. The summed E-state index contributed by atoms with van der Waals surface area (Å²) in [5.74, 6) is 1.33. The highest BCUT2D eigenvalue weighted by Gasteiger charge is 2.25. The first-order valence-electron chi connectivity index (χ1n) is 12.8. The molecule has 0 fully saturated rings. The number of nitriles is 1. The van der Waals surface area contributed by atoms with Gasteiger partial charge in [-0.3, -0.25) is 0 Å². The molecule has 8 nitrogen and oxygen atoms in total. The average Bonchev–Trinajstić information content (AvgIpc) is 3.35. The normalized spacial score (nSPS) is 12.2. The quantitative estimate of drug-likeness (QED) is 0.255. The minimum Gasteiger partial charge on any atom is -0.494 e. The molecule has 1 atom stereocenters. The van der Waals surface area contributed by atoms with Gasteiger partial charge in [0.05, 0.1) is 18.3 Å². The lowest BCUT2D eigenvalue weighted by atomic mass is 9.84. The van der Waals surface area contributed by atoms with Gasteiger partial charge in [0, 0.05) is 17.2 Å². The van der Waals surface area contributed by atoms with Crippen molar-refractivity contribution in [3.8, 4) is 38.7 Å². The third-order valence-corrected chi connectivity index (χ3v) is 7.08. The maximum atomic E-state index is 11.1. The Morgan fingerprint density at radius 1 is 1.16 bits per heavy atom. The Labute approximate surface area is 228 Å². The molecule has 0 saturated carbocycles. The predicted molar refractivity (Wildman–Crippen MR) is 150 cm³/mol. The first-order chi connectivity index (χ1) is 18.0. The van der Waals surface area contributed by atoms with Gasteiger partial charge < -0.3 is 19.9 Å². The smallest absolute Gasteiger partial charge is 0.404 e. The van der Waals surface area contributed by atoms with E-state index in [-0.39, 0.29) is 17.6 Å². The zero-order valence-corrected chi connectivity index (χ0v) is 23.7. The number of aromatic nitrogens is 2. The van der Waals surface area contributed by atoms with Crippen LogP contribution >= 0.6 is 11.3 Å². The van der Waals surface area contributed by atoms with E-state index in [1.165, 1.54) is 11.3 Å². The lowest BCUT2D eigenvalue weighted by Crippen LogP contribution is -2.43. The van der Waals surface area contributed by atoms with E-state index in [0.29, 0.717) is 24.3 Å². The van der Waals surface area contributed by atoms with Crippen LogP contribution in [0.15, 0.2) is 36.4 Å². The lowest BCUT2D eigenvalue weighted by molar-refractivity contribution is 0.168. The average molecular weight is 537 g/mol. The standard InChI is InChI=1S/C29H36N4O4S/c1-7-19-16-22(36-14-8-9-25(29(4,5)6)31-28(34)35)11-12-23(19)27-33-32-26(38-27)20-10-13-24(37-18(2)3)21(15-20)17-30/h10-13,15-16,18,25,31H,7-9,14H2,1-6H3,(H,34,35). The predicted octanol–water partition coefficient (Wildman–Crippen LogP) is 6.93. The van der Waals surface area contributed by atoms with Crippen molar-refractivity contribution in [1.29, 1.82) is 5.26 Å². The number of nitrogens with one attached hydrogen (secondary N) is 1. The van der Waals surface area contributed by atoms with Gasteiger partial charge in [-0.2, -0.15) is 5.26 Å². The summed E-state index contributed by atoms with van der Waals surface area (Å²) in [5.41, 5.74) is 3.23. The van der Waals surface area contributed by atoms with E-state index in [2.05, 4.69) is 28.5 Å². The van der Waals surface area contributed by atoms with Crippen LogP contribution in [-0.2, 0) is 6.42 Å². The topological polar surface area (TPSA) is 117 Å². The van der Waals surface area contributed by atoms with Crippen LogP contribution in [0.5, 0.6) is 11.5 Å².